The van der Waals surface area contributed by atoms with Crippen molar-refractivity contribution in [3.63, 3.8) is 0 Å². The predicted molar refractivity (Wildman–Crippen MR) is 97.0 cm³/mol. The lowest BCUT2D eigenvalue weighted by Gasteiger charge is -2.16. The summed E-state index contributed by atoms with van der Waals surface area (Å²) in [7, 11) is 0. The van der Waals surface area contributed by atoms with Crippen molar-refractivity contribution in [1.29, 1.82) is 0 Å². The average molecular weight is 347 g/mol. The van der Waals surface area contributed by atoms with Crippen LogP contribution in [-0.4, -0.2) is 5.97 Å². The second-order valence-electron chi connectivity index (χ2n) is 5.73. The maximum absolute atomic E-state index is 11.6. The highest BCUT2D eigenvalue weighted by atomic mass is 35.5. The zero-order valence-electron chi connectivity index (χ0n) is 14.6. The van der Waals surface area contributed by atoms with Crippen molar-refractivity contribution < 1.29 is 14.3 Å². The van der Waals surface area contributed by atoms with Gasteiger partial charge < -0.3 is 9.47 Å². The van der Waals surface area contributed by atoms with Gasteiger partial charge in [-0.2, -0.15) is 0 Å². The zero-order valence-corrected chi connectivity index (χ0v) is 15.4. The van der Waals surface area contributed by atoms with Crippen LogP contribution in [0.5, 0.6) is 11.5 Å². The standard InChI is InChI=1S/C20H23ClO3/c1-5-15-10-14(4)17(21)11-19(15)23-12-16-13(3)8-7-9-18(16)24-20(22)6-2/h7-11H,5-6,12H2,1-4H3. The summed E-state index contributed by atoms with van der Waals surface area (Å²) in [5.74, 6) is 1.07. The third kappa shape index (κ3) is 4.30. The number of benzene rings is 2. The fourth-order valence-corrected chi connectivity index (χ4v) is 2.59. The van der Waals surface area contributed by atoms with Gasteiger partial charge in [0, 0.05) is 17.0 Å². The third-order valence-electron chi connectivity index (χ3n) is 3.97. The fraction of sp³-hybridized carbons (Fsp3) is 0.350. The first-order chi connectivity index (χ1) is 11.5. The van der Waals surface area contributed by atoms with Crippen molar-refractivity contribution in [3.8, 4) is 11.5 Å². The molecule has 0 aliphatic carbocycles. The van der Waals surface area contributed by atoms with E-state index in [-0.39, 0.29) is 5.97 Å². The largest absolute Gasteiger partial charge is 0.488 e. The van der Waals surface area contributed by atoms with Gasteiger partial charge in [0.05, 0.1) is 0 Å². The Kier molecular flexibility index (Phi) is 6.27. The molecule has 0 amide bonds. The lowest BCUT2D eigenvalue weighted by molar-refractivity contribution is -0.134. The van der Waals surface area contributed by atoms with Gasteiger partial charge in [-0.1, -0.05) is 43.6 Å². The van der Waals surface area contributed by atoms with Crippen LogP contribution in [0.2, 0.25) is 5.02 Å². The van der Waals surface area contributed by atoms with Crippen LogP contribution in [0.25, 0.3) is 0 Å². The van der Waals surface area contributed by atoms with Crippen LogP contribution in [0.4, 0.5) is 0 Å². The van der Waals surface area contributed by atoms with Crippen LogP contribution in [-0.2, 0) is 17.8 Å². The van der Waals surface area contributed by atoms with E-state index >= 15 is 0 Å². The van der Waals surface area contributed by atoms with Gasteiger partial charge in [-0.3, -0.25) is 4.79 Å². The highest BCUT2D eigenvalue weighted by Crippen LogP contribution is 2.30. The van der Waals surface area contributed by atoms with E-state index in [0.717, 1.165) is 34.4 Å². The van der Waals surface area contributed by atoms with Gasteiger partial charge >= 0.3 is 5.97 Å². The molecule has 0 fully saturated rings. The van der Waals surface area contributed by atoms with Gasteiger partial charge in [-0.05, 0) is 49.1 Å². The number of aryl methyl sites for hydroxylation is 3. The molecule has 2 aromatic carbocycles. The van der Waals surface area contributed by atoms with Crippen molar-refractivity contribution in [1.82, 2.24) is 0 Å². The molecule has 0 aliphatic rings. The molecule has 0 heterocycles. The molecule has 0 radical (unpaired) electrons. The molecule has 0 spiro atoms. The van der Waals surface area contributed by atoms with Crippen molar-refractivity contribution in [2.24, 2.45) is 0 Å². The lowest BCUT2D eigenvalue weighted by atomic mass is 10.1. The fourth-order valence-electron chi connectivity index (χ4n) is 2.43. The van der Waals surface area contributed by atoms with E-state index in [1.54, 1.807) is 13.0 Å². The number of halogens is 1. The van der Waals surface area contributed by atoms with Gasteiger partial charge in [0.2, 0.25) is 0 Å². The molecule has 0 N–H and O–H groups in total. The Morgan fingerprint density at radius 1 is 1.08 bits per heavy atom. The number of hydrogen-bond donors (Lipinski definition) is 0. The summed E-state index contributed by atoms with van der Waals surface area (Å²) in [6.07, 6.45) is 1.20. The van der Waals surface area contributed by atoms with Crippen LogP contribution in [0.1, 0.15) is 42.5 Å². The Morgan fingerprint density at radius 3 is 2.50 bits per heavy atom. The van der Waals surface area contributed by atoms with Gasteiger partial charge in [0.15, 0.2) is 0 Å². The molecule has 0 saturated carbocycles. The maximum atomic E-state index is 11.6. The average Bonchev–Trinajstić information content (AvgIpc) is 2.56. The Morgan fingerprint density at radius 2 is 1.83 bits per heavy atom. The van der Waals surface area contributed by atoms with E-state index in [9.17, 15) is 4.79 Å². The van der Waals surface area contributed by atoms with Crippen LogP contribution in [0.15, 0.2) is 30.3 Å². The van der Waals surface area contributed by atoms with Crippen LogP contribution in [0.3, 0.4) is 0 Å². The normalized spacial score (nSPS) is 10.5. The van der Waals surface area contributed by atoms with Crippen molar-refractivity contribution in [2.45, 2.75) is 47.1 Å². The lowest BCUT2D eigenvalue weighted by Crippen LogP contribution is -2.10. The van der Waals surface area contributed by atoms with E-state index < -0.39 is 0 Å². The summed E-state index contributed by atoms with van der Waals surface area (Å²) in [4.78, 5) is 11.6. The van der Waals surface area contributed by atoms with E-state index in [2.05, 4.69) is 6.92 Å². The zero-order chi connectivity index (χ0) is 17.7. The number of carbonyl (C=O) groups is 1. The van der Waals surface area contributed by atoms with E-state index in [4.69, 9.17) is 21.1 Å². The summed E-state index contributed by atoms with van der Waals surface area (Å²) < 4.78 is 11.4. The first-order valence-corrected chi connectivity index (χ1v) is 8.55. The molecular formula is C20H23ClO3. The SMILES string of the molecule is CCC(=O)Oc1cccc(C)c1COc1cc(Cl)c(C)cc1CC. The predicted octanol–water partition coefficient (Wildman–Crippen LogP) is 5.41. The summed E-state index contributed by atoms with van der Waals surface area (Å²) in [5.41, 5.74) is 4.04. The first kappa shape index (κ1) is 18.3. The summed E-state index contributed by atoms with van der Waals surface area (Å²) in [6.45, 7) is 8.14. The number of rotatable bonds is 6. The number of carbonyl (C=O) groups excluding carboxylic acids is 1. The molecule has 0 saturated heterocycles. The number of esters is 1. The van der Waals surface area contributed by atoms with E-state index in [1.807, 2.05) is 38.1 Å². The summed E-state index contributed by atoms with van der Waals surface area (Å²) in [6, 6.07) is 9.55. The Balaban J connectivity index is 2.26. The van der Waals surface area contributed by atoms with Gasteiger partial charge in [0.25, 0.3) is 0 Å². The Bertz CT molecular complexity index is 738. The van der Waals surface area contributed by atoms with Crippen LogP contribution >= 0.6 is 11.6 Å². The molecule has 0 aliphatic heterocycles. The number of hydrogen-bond acceptors (Lipinski definition) is 3. The Hall–Kier alpha value is -2.00. The topological polar surface area (TPSA) is 35.5 Å². The van der Waals surface area contributed by atoms with Crippen molar-refractivity contribution >= 4 is 17.6 Å². The van der Waals surface area contributed by atoms with Crippen LogP contribution in [0, 0.1) is 13.8 Å². The summed E-state index contributed by atoms with van der Waals surface area (Å²) >= 11 is 6.23. The molecule has 0 unspecified atom stereocenters. The van der Waals surface area contributed by atoms with Crippen molar-refractivity contribution in [3.05, 3.63) is 57.6 Å². The number of ether oxygens (including phenoxy) is 2. The smallest absolute Gasteiger partial charge is 0.310 e. The molecule has 0 bridgehead atoms. The highest BCUT2D eigenvalue weighted by Gasteiger charge is 2.13. The minimum atomic E-state index is -0.255. The van der Waals surface area contributed by atoms with Crippen molar-refractivity contribution in [2.75, 3.05) is 0 Å². The maximum Gasteiger partial charge on any atom is 0.310 e. The first-order valence-electron chi connectivity index (χ1n) is 8.17. The Labute approximate surface area is 148 Å². The molecule has 24 heavy (non-hydrogen) atoms. The molecular weight excluding hydrogens is 324 g/mol. The molecule has 4 heteroatoms. The molecule has 128 valence electrons. The molecule has 0 atom stereocenters. The second kappa shape index (κ2) is 8.20. The van der Waals surface area contributed by atoms with E-state index in [1.165, 1.54) is 0 Å². The molecule has 3 nitrogen and oxygen atoms in total. The third-order valence-corrected chi connectivity index (χ3v) is 4.38. The highest BCUT2D eigenvalue weighted by molar-refractivity contribution is 6.31. The van der Waals surface area contributed by atoms with Gasteiger partial charge in [-0.25, -0.2) is 0 Å². The monoisotopic (exact) mass is 346 g/mol. The minimum Gasteiger partial charge on any atom is -0.488 e. The minimum absolute atomic E-state index is 0.255. The molecule has 0 aromatic heterocycles. The quantitative estimate of drug-likeness (QED) is 0.518. The molecule has 2 rings (SSSR count). The van der Waals surface area contributed by atoms with Gasteiger partial charge in [0.1, 0.15) is 18.1 Å². The molecule has 2 aromatic rings. The van der Waals surface area contributed by atoms with Gasteiger partial charge in [-0.15, -0.1) is 0 Å². The van der Waals surface area contributed by atoms with Crippen LogP contribution < -0.4 is 9.47 Å². The summed E-state index contributed by atoms with van der Waals surface area (Å²) in [5, 5.41) is 0.685. The van der Waals surface area contributed by atoms with E-state index in [0.29, 0.717) is 23.8 Å². The second-order valence-corrected chi connectivity index (χ2v) is 6.14.